The number of para-hydroxylation sites is 1. The summed E-state index contributed by atoms with van der Waals surface area (Å²) in [7, 11) is 0. The zero-order chi connectivity index (χ0) is 20.6. The molecule has 0 bridgehead atoms. The number of halogens is 3. The monoisotopic (exact) mass is 401 g/mol. The molecule has 0 saturated heterocycles. The highest BCUT2D eigenvalue weighted by Crippen LogP contribution is 2.35. The Morgan fingerprint density at radius 1 is 1.10 bits per heavy atom. The van der Waals surface area contributed by atoms with E-state index < -0.39 is 29.6 Å². The number of nitrogens with zero attached hydrogens (tertiary/aromatic N) is 3. The van der Waals surface area contributed by atoms with Crippen molar-refractivity contribution in [3.05, 3.63) is 60.2 Å². The predicted octanol–water partition coefficient (Wildman–Crippen LogP) is 3.49. The van der Waals surface area contributed by atoms with Gasteiger partial charge in [-0.1, -0.05) is 42.5 Å². The first-order chi connectivity index (χ1) is 13.8. The number of nitrogens with one attached hydrogen (secondary N) is 2. The van der Waals surface area contributed by atoms with E-state index in [1.807, 2.05) is 18.2 Å². The van der Waals surface area contributed by atoms with Crippen molar-refractivity contribution in [2.24, 2.45) is 0 Å². The van der Waals surface area contributed by atoms with Crippen LogP contribution in [-0.2, 0) is 15.8 Å². The summed E-state index contributed by atoms with van der Waals surface area (Å²) in [5, 5.41) is 9.04. The van der Waals surface area contributed by atoms with Gasteiger partial charge in [-0.3, -0.25) is 14.9 Å². The molecule has 2 N–H and O–H groups in total. The van der Waals surface area contributed by atoms with Crippen LogP contribution in [-0.4, -0.2) is 26.6 Å². The minimum atomic E-state index is -4.61. The van der Waals surface area contributed by atoms with E-state index >= 15 is 0 Å². The van der Waals surface area contributed by atoms with Crippen molar-refractivity contribution >= 4 is 23.5 Å². The van der Waals surface area contributed by atoms with Gasteiger partial charge in [-0.2, -0.15) is 18.2 Å². The summed E-state index contributed by atoms with van der Waals surface area (Å²) in [6, 6.07) is 12.7. The van der Waals surface area contributed by atoms with E-state index in [-0.39, 0.29) is 18.1 Å². The van der Waals surface area contributed by atoms with Crippen molar-refractivity contribution < 1.29 is 22.8 Å². The van der Waals surface area contributed by atoms with Crippen LogP contribution in [0.4, 0.5) is 24.8 Å². The second-order valence-corrected chi connectivity index (χ2v) is 6.37. The summed E-state index contributed by atoms with van der Waals surface area (Å²) in [6.07, 6.45) is -5.00. The number of fused-ring (bicyclic) bond motifs is 1. The van der Waals surface area contributed by atoms with Crippen molar-refractivity contribution in [3.8, 4) is 11.4 Å². The fourth-order valence-corrected chi connectivity index (χ4v) is 3.04. The smallest absolute Gasteiger partial charge is 0.325 e. The van der Waals surface area contributed by atoms with Crippen LogP contribution >= 0.6 is 0 Å². The molecule has 1 aliphatic rings. The number of anilines is 2. The number of hydrogen-bond donors (Lipinski definition) is 2. The third-order valence-electron chi connectivity index (χ3n) is 4.38. The summed E-state index contributed by atoms with van der Waals surface area (Å²) in [4.78, 5) is 28.8. The quantitative estimate of drug-likeness (QED) is 0.701. The molecule has 2 heterocycles. The van der Waals surface area contributed by atoms with Gasteiger partial charge in [0.15, 0.2) is 5.82 Å². The number of carbonyl (C=O) groups is 2. The van der Waals surface area contributed by atoms with Gasteiger partial charge in [0, 0.05) is 5.56 Å². The molecule has 1 aliphatic heterocycles. The van der Waals surface area contributed by atoms with E-state index in [9.17, 15) is 22.8 Å². The van der Waals surface area contributed by atoms with Gasteiger partial charge in [0.1, 0.15) is 6.04 Å². The minimum absolute atomic E-state index is 0.183. The fourth-order valence-electron chi connectivity index (χ4n) is 3.04. The number of benzene rings is 2. The molecule has 29 heavy (non-hydrogen) atoms. The Bertz CT molecular complexity index is 1080. The van der Waals surface area contributed by atoms with Crippen LogP contribution in [0.5, 0.6) is 0 Å². The molecule has 0 aliphatic carbocycles. The molecule has 7 nitrogen and oxygen atoms in total. The molecule has 3 aromatic rings. The van der Waals surface area contributed by atoms with E-state index in [0.29, 0.717) is 5.82 Å². The normalized spacial score (nSPS) is 15.7. The number of amides is 2. The molecule has 2 aromatic carbocycles. The van der Waals surface area contributed by atoms with Crippen LogP contribution in [0.1, 0.15) is 18.0 Å². The lowest BCUT2D eigenvalue weighted by Gasteiger charge is -2.14. The van der Waals surface area contributed by atoms with Crippen LogP contribution in [0, 0.1) is 0 Å². The van der Waals surface area contributed by atoms with Crippen molar-refractivity contribution in [3.63, 3.8) is 0 Å². The Morgan fingerprint density at radius 2 is 1.79 bits per heavy atom. The summed E-state index contributed by atoms with van der Waals surface area (Å²) in [5.74, 6) is -0.693. The number of alkyl halides is 3. The lowest BCUT2D eigenvalue weighted by atomic mass is 10.1. The van der Waals surface area contributed by atoms with Crippen LogP contribution in [0.15, 0.2) is 54.6 Å². The van der Waals surface area contributed by atoms with Gasteiger partial charge in [0.2, 0.25) is 11.9 Å². The maximum atomic E-state index is 13.1. The molecule has 0 unspecified atom stereocenters. The second-order valence-electron chi connectivity index (χ2n) is 6.37. The van der Waals surface area contributed by atoms with Gasteiger partial charge in [0.05, 0.1) is 17.7 Å². The average Bonchev–Trinajstić information content (AvgIpc) is 3.21. The fraction of sp³-hybridized carbons (Fsp3) is 0.158. The highest BCUT2D eigenvalue weighted by molar-refractivity contribution is 6.01. The number of aromatic nitrogens is 3. The van der Waals surface area contributed by atoms with E-state index in [0.717, 1.165) is 17.7 Å². The first-order valence-corrected chi connectivity index (χ1v) is 8.62. The van der Waals surface area contributed by atoms with Crippen molar-refractivity contribution in [1.82, 2.24) is 14.8 Å². The lowest BCUT2D eigenvalue weighted by Crippen LogP contribution is -2.24. The summed E-state index contributed by atoms with van der Waals surface area (Å²) >= 11 is 0. The maximum absolute atomic E-state index is 13.1. The van der Waals surface area contributed by atoms with E-state index in [4.69, 9.17) is 0 Å². The third kappa shape index (κ3) is 3.68. The maximum Gasteiger partial charge on any atom is 0.418 e. The van der Waals surface area contributed by atoms with Gasteiger partial charge in [0.25, 0.3) is 5.91 Å². The summed E-state index contributed by atoms with van der Waals surface area (Å²) < 4.78 is 40.5. The van der Waals surface area contributed by atoms with E-state index in [2.05, 4.69) is 20.7 Å². The van der Waals surface area contributed by atoms with Crippen molar-refractivity contribution in [2.45, 2.75) is 18.6 Å². The highest BCUT2D eigenvalue weighted by Gasteiger charge is 2.37. The Labute approximate surface area is 162 Å². The number of carbonyl (C=O) groups excluding carboxylic acids is 2. The van der Waals surface area contributed by atoms with Crippen LogP contribution in [0.3, 0.4) is 0 Å². The molecule has 148 valence electrons. The standard InChI is InChI=1S/C19H14F3N5O2/c20-19(21,22)12-8-4-5-9-13(12)23-15(28)10-14-17(29)25-18-24-16(26-27(14)18)11-6-2-1-3-7-11/h1-9,14H,10H2,(H,23,28)(H,24,25,26,29)/t14-/m1/s1. The van der Waals surface area contributed by atoms with Crippen molar-refractivity contribution in [1.29, 1.82) is 0 Å². The Kier molecular flexibility index (Phi) is 4.53. The SMILES string of the molecule is O=C(C[C@@H]1C(=O)Nc2nc(-c3ccccc3)nn21)Nc1ccccc1C(F)(F)F. The van der Waals surface area contributed by atoms with Gasteiger partial charge >= 0.3 is 6.18 Å². The Morgan fingerprint density at radius 3 is 2.52 bits per heavy atom. The van der Waals surface area contributed by atoms with E-state index in [1.165, 1.54) is 16.8 Å². The van der Waals surface area contributed by atoms with Crippen molar-refractivity contribution in [2.75, 3.05) is 10.6 Å². The number of rotatable bonds is 4. The molecule has 1 aromatic heterocycles. The molecular formula is C19H14F3N5O2. The second kappa shape index (κ2) is 7.04. The molecule has 1 atom stereocenters. The molecule has 10 heteroatoms. The number of hydrogen-bond acceptors (Lipinski definition) is 4. The summed E-state index contributed by atoms with van der Waals surface area (Å²) in [6.45, 7) is 0. The van der Waals surface area contributed by atoms with Crippen LogP contribution in [0.25, 0.3) is 11.4 Å². The molecule has 4 rings (SSSR count). The van der Waals surface area contributed by atoms with Gasteiger partial charge in [-0.25, -0.2) is 4.68 Å². The molecule has 0 saturated carbocycles. The largest absolute Gasteiger partial charge is 0.418 e. The van der Waals surface area contributed by atoms with Gasteiger partial charge < -0.3 is 5.32 Å². The van der Waals surface area contributed by atoms with Crippen LogP contribution < -0.4 is 10.6 Å². The average molecular weight is 401 g/mol. The van der Waals surface area contributed by atoms with Crippen LogP contribution in [0.2, 0.25) is 0 Å². The third-order valence-corrected chi connectivity index (χ3v) is 4.38. The zero-order valence-corrected chi connectivity index (χ0v) is 14.8. The Balaban J connectivity index is 1.53. The molecule has 0 fully saturated rings. The molecule has 0 radical (unpaired) electrons. The predicted molar refractivity (Wildman–Crippen MR) is 97.8 cm³/mol. The molecular weight excluding hydrogens is 387 g/mol. The molecule has 0 spiro atoms. The zero-order valence-electron chi connectivity index (χ0n) is 14.8. The lowest BCUT2D eigenvalue weighted by molar-refractivity contribution is -0.137. The van der Waals surface area contributed by atoms with Gasteiger partial charge in [-0.15, -0.1) is 5.10 Å². The molecule has 2 amide bonds. The topological polar surface area (TPSA) is 88.9 Å². The van der Waals surface area contributed by atoms with E-state index in [1.54, 1.807) is 12.1 Å². The minimum Gasteiger partial charge on any atom is -0.325 e. The highest BCUT2D eigenvalue weighted by atomic mass is 19.4. The summed E-state index contributed by atoms with van der Waals surface area (Å²) in [5.41, 5.74) is -0.602. The first kappa shape index (κ1) is 18.7. The van der Waals surface area contributed by atoms with Gasteiger partial charge in [-0.05, 0) is 12.1 Å². The Hall–Kier alpha value is -3.69. The first-order valence-electron chi connectivity index (χ1n) is 8.62.